The van der Waals surface area contributed by atoms with Gasteiger partial charge in [-0.15, -0.1) is 0 Å². The second-order valence-corrected chi connectivity index (χ2v) is 8.49. The smallest absolute Gasteiger partial charge is 0.230 e. The maximum absolute atomic E-state index is 13.0. The van der Waals surface area contributed by atoms with Crippen molar-refractivity contribution in [2.75, 3.05) is 22.9 Å². The van der Waals surface area contributed by atoms with Gasteiger partial charge in [-0.05, 0) is 56.7 Å². The zero-order valence-corrected chi connectivity index (χ0v) is 17.9. The van der Waals surface area contributed by atoms with E-state index in [4.69, 9.17) is 5.26 Å². The van der Waals surface area contributed by atoms with Gasteiger partial charge in [-0.1, -0.05) is 13.0 Å². The van der Waals surface area contributed by atoms with Crippen LogP contribution >= 0.6 is 0 Å². The van der Waals surface area contributed by atoms with Gasteiger partial charge in [0.2, 0.25) is 11.8 Å². The second-order valence-electron chi connectivity index (χ2n) is 8.49. The standard InChI is InChI=1S/C23H32N4O2/c1-5-18(13-25-15(2)10-11-24)20-8-9-21-22(12-20)26(23(29)19-6-7-19)14-16(3)27(21)17(4)28/h8-9,12,15-16,18-19,25H,5-7,10,13-14H2,1-4H3. The largest absolute Gasteiger partial charge is 0.313 e. The van der Waals surface area contributed by atoms with Gasteiger partial charge in [0.15, 0.2) is 0 Å². The van der Waals surface area contributed by atoms with Crippen LogP contribution in [0.1, 0.15) is 64.9 Å². The predicted octanol–water partition coefficient (Wildman–Crippen LogP) is 3.57. The van der Waals surface area contributed by atoms with Crippen LogP contribution in [-0.4, -0.2) is 37.0 Å². The molecule has 0 radical (unpaired) electrons. The van der Waals surface area contributed by atoms with Crippen molar-refractivity contribution in [3.8, 4) is 6.07 Å². The molecule has 1 heterocycles. The first-order valence-electron chi connectivity index (χ1n) is 10.7. The van der Waals surface area contributed by atoms with E-state index in [0.29, 0.717) is 13.0 Å². The highest BCUT2D eigenvalue weighted by atomic mass is 16.2. The average molecular weight is 397 g/mol. The SMILES string of the molecule is CCC(CNC(C)CC#N)c1ccc2c(c1)N(C(=O)C1CC1)CC(C)N2C(C)=O. The number of anilines is 2. The summed E-state index contributed by atoms with van der Waals surface area (Å²) < 4.78 is 0. The summed E-state index contributed by atoms with van der Waals surface area (Å²) in [5.41, 5.74) is 2.85. The minimum absolute atomic E-state index is 0.00376. The van der Waals surface area contributed by atoms with Crippen molar-refractivity contribution in [2.45, 2.75) is 71.4 Å². The van der Waals surface area contributed by atoms with Crippen molar-refractivity contribution in [2.24, 2.45) is 5.92 Å². The van der Waals surface area contributed by atoms with Crippen molar-refractivity contribution in [1.29, 1.82) is 5.26 Å². The van der Waals surface area contributed by atoms with Gasteiger partial charge < -0.3 is 15.1 Å². The van der Waals surface area contributed by atoms with E-state index in [2.05, 4.69) is 30.4 Å². The van der Waals surface area contributed by atoms with Gasteiger partial charge >= 0.3 is 0 Å². The average Bonchev–Trinajstić information content (AvgIpc) is 3.52. The number of nitrogens with one attached hydrogen (secondary N) is 1. The van der Waals surface area contributed by atoms with E-state index in [9.17, 15) is 9.59 Å². The summed E-state index contributed by atoms with van der Waals surface area (Å²) in [7, 11) is 0. The molecule has 0 saturated heterocycles. The Balaban J connectivity index is 1.92. The molecule has 1 saturated carbocycles. The molecule has 6 nitrogen and oxygen atoms in total. The summed E-state index contributed by atoms with van der Waals surface area (Å²) in [6.45, 7) is 9.08. The van der Waals surface area contributed by atoms with Crippen LogP contribution in [0.25, 0.3) is 0 Å². The molecular formula is C23H32N4O2. The van der Waals surface area contributed by atoms with Crippen LogP contribution in [-0.2, 0) is 9.59 Å². The third-order valence-electron chi connectivity index (χ3n) is 6.04. The normalized spacial score (nSPS) is 20.6. The number of hydrogen-bond acceptors (Lipinski definition) is 4. The second kappa shape index (κ2) is 8.96. The molecule has 3 atom stereocenters. The van der Waals surface area contributed by atoms with E-state index in [1.165, 1.54) is 0 Å². The van der Waals surface area contributed by atoms with E-state index in [1.807, 2.05) is 29.7 Å². The summed E-state index contributed by atoms with van der Waals surface area (Å²) in [5.74, 6) is 0.610. The molecule has 1 aliphatic carbocycles. The Labute approximate surface area is 173 Å². The Morgan fingerprint density at radius 2 is 2.03 bits per heavy atom. The Hall–Kier alpha value is -2.39. The number of nitrogens with zero attached hydrogens (tertiary/aromatic N) is 3. The fraction of sp³-hybridized carbons (Fsp3) is 0.609. The number of carbonyl (C=O) groups is 2. The van der Waals surface area contributed by atoms with Gasteiger partial charge in [0, 0.05) is 32.0 Å². The lowest BCUT2D eigenvalue weighted by molar-refractivity contribution is -0.120. The summed E-state index contributed by atoms with van der Waals surface area (Å²) >= 11 is 0. The summed E-state index contributed by atoms with van der Waals surface area (Å²) in [6.07, 6.45) is 3.37. The van der Waals surface area contributed by atoms with Crippen LogP contribution in [0, 0.1) is 17.2 Å². The minimum atomic E-state index is -0.0379. The number of benzene rings is 1. The molecule has 6 heteroatoms. The molecule has 2 aliphatic rings. The first-order chi connectivity index (χ1) is 13.9. The molecule has 29 heavy (non-hydrogen) atoms. The number of fused-ring (bicyclic) bond motifs is 1. The van der Waals surface area contributed by atoms with Crippen molar-refractivity contribution >= 4 is 23.2 Å². The Kier molecular flexibility index (Phi) is 6.59. The molecule has 1 aromatic rings. The lowest BCUT2D eigenvalue weighted by Crippen LogP contribution is -2.51. The molecular weight excluding hydrogens is 364 g/mol. The molecule has 2 amide bonds. The molecule has 3 unspecified atom stereocenters. The summed E-state index contributed by atoms with van der Waals surface area (Å²) in [5, 5.41) is 12.3. The molecule has 1 N–H and O–H groups in total. The molecule has 3 rings (SSSR count). The Morgan fingerprint density at radius 3 is 2.62 bits per heavy atom. The van der Waals surface area contributed by atoms with E-state index in [-0.39, 0.29) is 35.7 Å². The van der Waals surface area contributed by atoms with Gasteiger partial charge in [0.1, 0.15) is 0 Å². The first kappa shape index (κ1) is 21.3. The molecule has 0 aromatic heterocycles. The molecule has 1 aliphatic heterocycles. The minimum Gasteiger partial charge on any atom is -0.313 e. The zero-order chi connectivity index (χ0) is 21.1. The van der Waals surface area contributed by atoms with Crippen molar-refractivity contribution in [3.05, 3.63) is 23.8 Å². The zero-order valence-electron chi connectivity index (χ0n) is 17.9. The third kappa shape index (κ3) is 4.62. The molecule has 0 bridgehead atoms. The highest BCUT2D eigenvalue weighted by Crippen LogP contribution is 2.41. The van der Waals surface area contributed by atoms with E-state index < -0.39 is 0 Å². The summed E-state index contributed by atoms with van der Waals surface area (Å²) in [4.78, 5) is 29.0. The molecule has 0 spiro atoms. The molecule has 1 fully saturated rings. The highest BCUT2D eigenvalue weighted by Gasteiger charge is 2.39. The first-order valence-corrected chi connectivity index (χ1v) is 10.7. The Morgan fingerprint density at radius 1 is 1.31 bits per heavy atom. The van der Waals surface area contributed by atoms with Crippen LogP contribution < -0.4 is 15.1 Å². The van der Waals surface area contributed by atoms with E-state index >= 15 is 0 Å². The van der Waals surface area contributed by atoms with Crippen LogP contribution in [0.5, 0.6) is 0 Å². The number of nitriles is 1. The van der Waals surface area contributed by atoms with E-state index in [1.54, 1.807) is 6.92 Å². The lowest BCUT2D eigenvalue weighted by atomic mass is 9.93. The van der Waals surface area contributed by atoms with E-state index in [0.717, 1.165) is 42.7 Å². The van der Waals surface area contributed by atoms with Crippen molar-refractivity contribution in [3.63, 3.8) is 0 Å². The monoisotopic (exact) mass is 396 g/mol. The van der Waals surface area contributed by atoms with Crippen LogP contribution in [0.3, 0.4) is 0 Å². The van der Waals surface area contributed by atoms with Crippen LogP contribution in [0.2, 0.25) is 0 Å². The van der Waals surface area contributed by atoms with Gasteiger partial charge in [-0.2, -0.15) is 5.26 Å². The van der Waals surface area contributed by atoms with Gasteiger partial charge in [0.05, 0.1) is 29.9 Å². The maximum Gasteiger partial charge on any atom is 0.230 e. The summed E-state index contributed by atoms with van der Waals surface area (Å²) in [6, 6.07) is 8.49. The fourth-order valence-electron chi connectivity index (χ4n) is 4.19. The predicted molar refractivity (Wildman–Crippen MR) is 115 cm³/mol. The topological polar surface area (TPSA) is 76.4 Å². The van der Waals surface area contributed by atoms with Gasteiger partial charge in [-0.25, -0.2) is 0 Å². The maximum atomic E-state index is 13.0. The van der Waals surface area contributed by atoms with Gasteiger partial charge in [0.25, 0.3) is 0 Å². The highest BCUT2D eigenvalue weighted by molar-refractivity contribution is 6.05. The Bertz CT molecular complexity index is 812. The van der Waals surface area contributed by atoms with Gasteiger partial charge in [-0.3, -0.25) is 9.59 Å². The fourth-order valence-corrected chi connectivity index (χ4v) is 4.19. The number of amides is 2. The van der Waals surface area contributed by atoms with Crippen LogP contribution in [0.15, 0.2) is 18.2 Å². The third-order valence-corrected chi connectivity index (χ3v) is 6.04. The van der Waals surface area contributed by atoms with Crippen molar-refractivity contribution < 1.29 is 9.59 Å². The number of hydrogen-bond donors (Lipinski definition) is 1. The van der Waals surface area contributed by atoms with Crippen molar-refractivity contribution in [1.82, 2.24) is 5.32 Å². The number of rotatable bonds is 7. The molecule has 1 aromatic carbocycles. The molecule has 156 valence electrons. The lowest BCUT2D eigenvalue weighted by Gasteiger charge is -2.41. The number of carbonyl (C=O) groups excluding carboxylic acids is 2. The van der Waals surface area contributed by atoms with Crippen LogP contribution in [0.4, 0.5) is 11.4 Å². The quantitative estimate of drug-likeness (QED) is 0.764.